The van der Waals surface area contributed by atoms with Gasteiger partial charge in [-0.25, -0.2) is 0 Å². The molecule has 23 heavy (non-hydrogen) atoms. The lowest BCUT2D eigenvalue weighted by molar-refractivity contribution is -0.358. The van der Waals surface area contributed by atoms with Crippen molar-refractivity contribution in [2.45, 2.75) is 6.92 Å². The van der Waals surface area contributed by atoms with Crippen molar-refractivity contribution in [1.29, 1.82) is 0 Å². The molecule has 4 heterocycles. The molecule has 0 aromatic carbocycles. The maximum Gasteiger partial charge on any atom is 0.738 e. The van der Waals surface area contributed by atoms with Crippen LogP contribution >= 0.6 is 31.9 Å². The highest BCUT2D eigenvalue weighted by molar-refractivity contribution is 9.18. The second-order valence-corrected chi connectivity index (χ2v) is 7.10. The lowest BCUT2D eigenvalue weighted by Gasteiger charge is -2.32. The van der Waals surface area contributed by atoms with Crippen molar-refractivity contribution in [3.63, 3.8) is 0 Å². The normalized spacial score (nSPS) is 18.5. The third-order valence-electron chi connectivity index (χ3n) is 4.18. The highest BCUT2D eigenvalue weighted by Crippen LogP contribution is 2.42. The molecule has 0 atom stereocenters. The van der Waals surface area contributed by atoms with Gasteiger partial charge in [0.1, 0.15) is 0 Å². The Hall–Kier alpha value is -1.54. The number of nitrogens with zero attached hydrogens (tertiary/aromatic N) is 3. The average Bonchev–Trinajstić information content (AvgIpc) is 3.06. The van der Waals surface area contributed by atoms with Gasteiger partial charge < -0.3 is 17.6 Å². The minimum Gasteiger partial charge on any atom is -0.389 e. The predicted octanol–water partition coefficient (Wildman–Crippen LogP) is 4.33. The molecule has 4 rings (SSSR count). The van der Waals surface area contributed by atoms with Gasteiger partial charge in [0, 0.05) is 51.7 Å². The van der Waals surface area contributed by atoms with Crippen LogP contribution < -0.4 is 0 Å². The zero-order valence-electron chi connectivity index (χ0n) is 12.0. The first kappa shape index (κ1) is 15.0. The van der Waals surface area contributed by atoms with Gasteiger partial charge in [0.25, 0.3) is 0 Å². The molecular formula is C15H10BBr2F2N3. The molecule has 0 saturated carbocycles. The summed E-state index contributed by atoms with van der Waals surface area (Å²) in [5, 5.41) is 0. The molecule has 2 aliphatic rings. The highest BCUT2D eigenvalue weighted by Gasteiger charge is 2.54. The summed E-state index contributed by atoms with van der Waals surface area (Å²) in [7, 11) is 0. The molecule has 0 N–H and O–H groups in total. The molecule has 8 heteroatoms. The number of hydrogen-bond acceptors (Lipinski definition) is 1. The third-order valence-corrected chi connectivity index (χ3v) is 5.47. The van der Waals surface area contributed by atoms with E-state index in [1.807, 2.05) is 13.0 Å². The lowest BCUT2D eigenvalue weighted by Crippen LogP contribution is -2.50. The van der Waals surface area contributed by atoms with Crippen LogP contribution in [0.3, 0.4) is 0 Å². The number of aromatic nitrogens is 2. The van der Waals surface area contributed by atoms with Crippen LogP contribution in [-0.2, 0) is 0 Å². The third kappa shape index (κ3) is 1.97. The van der Waals surface area contributed by atoms with Crippen LogP contribution in [0.25, 0.3) is 5.57 Å². The molecule has 2 aliphatic heterocycles. The van der Waals surface area contributed by atoms with E-state index in [0.29, 0.717) is 20.6 Å². The summed E-state index contributed by atoms with van der Waals surface area (Å²) < 4.78 is 32.9. The van der Waals surface area contributed by atoms with Crippen LogP contribution in [0, 0.1) is 6.92 Å². The molecule has 0 saturated heterocycles. The number of fused-ring (bicyclic) bond motifs is 2. The van der Waals surface area contributed by atoms with Gasteiger partial charge in [-0.05, 0) is 46.6 Å². The van der Waals surface area contributed by atoms with E-state index in [4.69, 9.17) is 0 Å². The van der Waals surface area contributed by atoms with Gasteiger partial charge in [-0.3, -0.25) is 4.98 Å². The van der Waals surface area contributed by atoms with Gasteiger partial charge in [0.2, 0.25) is 4.62 Å². The lowest BCUT2D eigenvalue weighted by atomic mass is 9.86. The quantitative estimate of drug-likeness (QED) is 0.605. The Balaban J connectivity index is 2.15. The Kier molecular flexibility index (Phi) is 3.25. The summed E-state index contributed by atoms with van der Waals surface area (Å²) in [5.74, 6) is 0. The van der Waals surface area contributed by atoms with E-state index in [0.717, 1.165) is 25.7 Å². The second-order valence-electron chi connectivity index (χ2n) is 5.48. The van der Waals surface area contributed by atoms with Crippen LogP contribution in [-0.4, -0.2) is 25.5 Å². The molecule has 2 aromatic heterocycles. The summed E-state index contributed by atoms with van der Waals surface area (Å²) in [6, 6.07) is 5.24. The van der Waals surface area contributed by atoms with Crippen molar-refractivity contribution < 1.29 is 13.1 Å². The fourth-order valence-corrected chi connectivity index (χ4v) is 4.27. The summed E-state index contributed by atoms with van der Waals surface area (Å²) >= 11 is 6.50. The first-order chi connectivity index (χ1) is 10.9. The summed E-state index contributed by atoms with van der Waals surface area (Å²) in [6.07, 6.45) is 6.78. The Morgan fingerprint density at radius 2 is 1.96 bits per heavy atom. The first-order valence-electron chi connectivity index (χ1n) is 6.97. The summed E-state index contributed by atoms with van der Waals surface area (Å²) in [5.41, 5.74) is 3.55. The van der Waals surface area contributed by atoms with Crippen molar-refractivity contribution in [2.75, 3.05) is 0 Å². The number of rotatable bonds is 1. The summed E-state index contributed by atoms with van der Waals surface area (Å²) in [6.45, 7) is -2.03. The molecule has 0 spiro atoms. The van der Waals surface area contributed by atoms with Crippen LogP contribution in [0.2, 0.25) is 0 Å². The Morgan fingerprint density at radius 1 is 1.17 bits per heavy atom. The standard InChI is InChI=1S/C15H10BBr2F2N3/c1-9-6-7-21-8-10(9)15-11-2-4-13(17)22(11)16(19,20)23-12(15)3-5-14(23)18/h2-8H,1H3. The van der Waals surface area contributed by atoms with Crippen molar-refractivity contribution in [1.82, 2.24) is 9.46 Å². The van der Waals surface area contributed by atoms with Crippen molar-refractivity contribution in [3.8, 4) is 0 Å². The highest BCUT2D eigenvalue weighted by atomic mass is 79.9. The average molecular weight is 441 g/mol. The molecule has 0 aliphatic carbocycles. The molecule has 116 valence electrons. The predicted molar refractivity (Wildman–Crippen MR) is 93.8 cm³/mol. The van der Waals surface area contributed by atoms with Gasteiger partial charge in [0.05, 0.1) is 10.2 Å². The molecule has 0 fully saturated rings. The minimum atomic E-state index is -3.98. The fraction of sp³-hybridized carbons (Fsp3) is 0.0667. The first-order valence-corrected chi connectivity index (χ1v) is 8.56. The van der Waals surface area contributed by atoms with E-state index in [2.05, 4.69) is 36.8 Å². The SMILES string of the molecule is Cc1ccncc1C1=C2C=CC(Br)=[N+]2[B-](F)(F)n2c(Br)ccc21. The zero-order valence-corrected chi connectivity index (χ0v) is 15.1. The van der Waals surface area contributed by atoms with E-state index >= 15 is 8.63 Å². The van der Waals surface area contributed by atoms with Crippen molar-refractivity contribution >= 4 is 49.0 Å². The molecule has 3 nitrogen and oxygen atoms in total. The van der Waals surface area contributed by atoms with Gasteiger partial charge in [0.15, 0.2) is 5.70 Å². The Bertz CT molecular complexity index is 944. The summed E-state index contributed by atoms with van der Waals surface area (Å²) in [4.78, 5) is 4.17. The Morgan fingerprint density at radius 3 is 2.70 bits per heavy atom. The van der Waals surface area contributed by atoms with Gasteiger partial charge >= 0.3 is 6.97 Å². The maximum atomic E-state index is 15.1. The Labute approximate surface area is 148 Å². The molecule has 0 bridgehead atoms. The zero-order chi connectivity index (χ0) is 16.4. The molecule has 0 unspecified atom stereocenters. The molecule has 2 aromatic rings. The number of hydrogen-bond donors (Lipinski definition) is 0. The largest absolute Gasteiger partial charge is 0.738 e. The van der Waals surface area contributed by atoms with Crippen LogP contribution in [0.4, 0.5) is 8.63 Å². The van der Waals surface area contributed by atoms with Crippen LogP contribution in [0.15, 0.2) is 53.0 Å². The molecule has 0 radical (unpaired) electrons. The van der Waals surface area contributed by atoms with E-state index in [1.54, 1.807) is 36.7 Å². The van der Waals surface area contributed by atoms with Crippen molar-refractivity contribution in [2.24, 2.45) is 0 Å². The van der Waals surface area contributed by atoms with Gasteiger partial charge in [-0.2, -0.15) is 0 Å². The van der Waals surface area contributed by atoms with Gasteiger partial charge in [-0.15, -0.1) is 0 Å². The van der Waals surface area contributed by atoms with E-state index in [9.17, 15) is 0 Å². The van der Waals surface area contributed by atoms with E-state index in [1.165, 1.54) is 0 Å². The van der Waals surface area contributed by atoms with Crippen molar-refractivity contribution in [3.05, 3.63) is 69.9 Å². The maximum absolute atomic E-state index is 15.1. The van der Waals surface area contributed by atoms with Gasteiger partial charge in [-0.1, -0.05) is 0 Å². The fourth-order valence-electron chi connectivity index (χ4n) is 3.13. The number of allylic oxidation sites excluding steroid dienone is 2. The molecular weight excluding hydrogens is 431 g/mol. The smallest absolute Gasteiger partial charge is 0.389 e. The number of pyridine rings is 1. The van der Waals surface area contributed by atoms with Crippen LogP contribution in [0.1, 0.15) is 16.8 Å². The molecule has 0 amide bonds. The second kappa shape index (κ2) is 4.98. The van der Waals surface area contributed by atoms with Crippen LogP contribution in [0.5, 0.6) is 0 Å². The number of aryl methyl sites for hydroxylation is 1. The van der Waals surface area contributed by atoms with E-state index in [-0.39, 0.29) is 0 Å². The number of halogens is 4. The monoisotopic (exact) mass is 439 g/mol. The minimum absolute atomic E-state index is 0.350. The topological polar surface area (TPSA) is 20.8 Å². The van der Waals surface area contributed by atoms with E-state index < -0.39 is 6.97 Å².